The van der Waals surface area contributed by atoms with Gasteiger partial charge in [0, 0.05) is 10.9 Å². The number of anilines is 1. The van der Waals surface area contributed by atoms with Crippen LogP contribution in [0.25, 0.3) is 17.3 Å². The summed E-state index contributed by atoms with van der Waals surface area (Å²) in [5.74, 6) is 1.45. The van der Waals surface area contributed by atoms with E-state index >= 15 is 0 Å². The number of benzene rings is 2. The van der Waals surface area contributed by atoms with Gasteiger partial charge in [-0.3, -0.25) is 10.1 Å². The number of amides is 1. The summed E-state index contributed by atoms with van der Waals surface area (Å²) < 4.78 is 16.8. The lowest BCUT2D eigenvalue weighted by molar-refractivity contribution is -0.112. The lowest BCUT2D eigenvalue weighted by Gasteiger charge is -2.11. The van der Waals surface area contributed by atoms with Crippen LogP contribution >= 0.6 is 11.3 Å². The fourth-order valence-electron chi connectivity index (χ4n) is 3.44. The first kappa shape index (κ1) is 26.8. The molecule has 36 heavy (non-hydrogen) atoms. The van der Waals surface area contributed by atoms with Crippen LogP contribution in [0.2, 0.25) is 0 Å². The summed E-state index contributed by atoms with van der Waals surface area (Å²) in [6.45, 7) is 5.32. The van der Waals surface area contributed by atoms with Crippen molar-refractivity contribution in [2.24, 2.45) is 0 Å². The normalized spacial score (nSPS) is 11.0. The lowest BCUT2D eigenvalue weighted by atomic mass is 10.1. The summed E-state index contributed by atoms with van der Waals surface area (Å²) in [6, 6.07) is 14.9. The molecule has 0 spiro atoms. The average Bonchev–Trinajstić information content (AvgIpc) is 3.36. The van der Waals surface area contributed by atoms with Gasteiger partial charge in [0.1, 0.15) is 17.4 Å². The van der Waals surface area contributed by atoms with Crippen LogP contribution in [0.1, 0.15) is 45.1 Å². The minimum absolute atomic E-state index is 0.0388. The Hall–Kier alpha value is -3.83. The molecule has 0 unspecified atom stereocenters. The third kappa shape index (κ3) is 7.59. The molecule has 0 fully saturated rings. The molecule has 0 saturated heterocycles. The first-order valence-corrected chi connectivity index (χ1v) is 12.9. The van der Waals surface area contributed by atoms with Crippen molar-refractivity contribution in [2.75, 3.05) is 25.6 Å². The van der Waals surface area contributed by atoms with Crippen molar-refractivity contribution >= 4 is 28.5 Å². The predicted molar refractivity (Wildman–Crippen MR) is 144 cm³/mol. The zero-order valence-corrected chi connectivity index (χ0v) is 21.7. The van der Waals surface area contributed by atoms with Gasteiger partial charge in [-0.1, -0.05) is 32.3 Å². The highest BCUT2D eigenvalue weighted by Crippen LogP contribution is 2.30. The van der Waals surface area contributed by atoms with Crippen molar-refractivity contribution in [1.29, 1.82) is 5.26 Å². The first-order chi connectivity index (χ1) is 17.6. The molecule has 0 bridgehead atoms. The monoisotopic (exact) mass is 505 g/mol. The van der Waals surface area contributed by atoms with Gasteiger partial charge < -0.3 is 14.2 Å². The summed E-state index contributed by atoms with van der Waals surface area (Å²) in [6.07, 6.45) is 5.98. The molecular weight excluding hydrogens is 474 g/mol. The minimum atomic E-state index is -0.527. The third-order valence-electron chi connectivity index (χ3n) is 5.30. The molecule has 0 aliphatic carbocycles. The van der Waals surface area contributed by atoms with E-state index in [0.29, 0.717) is 35.4 Å². The molecule has 188 valence electrons. The van der Waals surface area contributed by atoms with Crippen LogP contribution in [-0.2, 0) is 4.79 Å². The molecule has 8 heteroatoms. The number of methoxy groups -OCH3 is 1. The molecule has 0 aliphatic rings. The smallest absolute Gasteiger partial charge is 0.268 e. The number of nitrogens with one attached hydrogen (secondary N) is 1. The highest BCUT2D eigenvalue weighted by Gasteiger charge is 2.14. The zero-order valence-electron chi connectivity index (χ0n) is 20.9. The van der Waals surface area contributed by atoms with E-state index in [-0.39, 0.29) is 5.57 Å². The van der Waals surface area contributed by atoms with E-state index in [9.17, 15) is 10.1 Å². The van der Waals surface area contributed by atoms with E-state index < -0.39 is 5.91 Å². The molecule has 2 aromatic carbocycles. The van der Waals surface area contributed by atoms with Gasteiger partial charge in [-0.25, -0.2) is 4.98 Å². The van der Waals surface area contributed by atoms with Gasteiger partial charge in [0.05, 0.1) is 26.0 Å². The Morgan fingerprint density at radius 2 is 1.89 bits per heavy atom. The van der Waals surface area contributed by atoms with E-state index in [1.807, 2.05) is 42.6 Å². The Balaban J connectivity index is 1.66. The Kier molecular flexibility index (Phi) is 10.3. The van der Waals surface area contributed by atoms with Gasteiger partial charge in [-0.05, 0) is 61.4 Å². The van der Waals surface area contributed by atoms with E-state index in [1.54, 1.807) is 25.3 Å². The Bertz CT molecular complexity index is 1210. The fourth-order valence-corrected chi connectivity index (χ4v) is 4.15. The number of ether oxygens (including phenoxy) is 3. The lowest BCUT2D eigenvalue weighted by Crippen LogP contribution is -2.13. The van der Waals surface area contributed by atoms with Gasteiger partial charge in [-0.2, -0.15) is 5.26 Å². The second-order valence-corrected chi connectivity index (χ2v) is 8.80. The van der Waals surface area contributed by atoms with Crippen LogP contribution in [0.15, 0.2) is 53.4 Å². The minimum Gasteiger partial charge on any atom is -0.494 e. The van der Waals surface area contributed by atoms with Crippen LogP contribution in [0, 0.1) is 11.3 Å². The molecular formula is C28H31N3O4S. The van der Waals surface area contributed by atoms with E-state index in [2.05, 4.69) is 17.2 Å². The second kappa shape index (κ2) is 13.9. The van der Waals surface area contributed by atoms with Gasteiger partial charge in [0.25, 0.3) is 5.91 Å². The maximum atomic E-state index is 12.8. The fraction of sp³-hybridized carbons (Fsp3) is 0.321. The van der Waals surface area contributed by atoms with Crippen molar-refractivity contribution in [1.82, 2.24) is 4.98 Å². The molecule has 0 atom stereocenters. The first-order valence-electron chi connectivity index (χ1n) is 12.0. The largest absolute Gasteiger partial charge is 0.494 e. The Labute approximate surface area is 216 Å². The number of rotatable bonds is 13. The van der Waals surface area contributed by atoms with Crippen molar-refractivity contribution in [3.63, 3.8) is 0 Å². The summed E-state index contributed by atoms with van der Waals surface area (Å²) in [5, 5.41) is 14.6. The third-order valence-corrected chi connectivity index (χ3v) is 6.06. The molecule has 0 saturated carbocycles. The number of hydrogen-bond donors (Lipinski definition) is 1. The highest BCUT2D eigenvalue weighted by atomic mass is 32.1. The number of carbonyl (C=O) groups excluding carboxylic acids is 1. The van der Waals surface area contributed by atoms with Crippen molar-refractivity contribution in [3.8, 4) is 34.6 Å². The number of unbranched alkanes of at least 4 members (excludes halogenated alkanes) is 3. The quantitative estimate of drug-likeness (QED) is 0.157. The Morgan fingerprint density at radius 3 is 2.58 bits per heavy atom. The summed E-state index contributed by atoms with van der Waals surface area (Å²) in [4.78, 5) is 17.2. The van der Waals surface area contributed by atoms with Crippen LogP contribution in [0.5, 0.6) is 17.2 Å². The molecule has 1 heterocycles. The van der Waals surface area contributed by atoms with Crippen molar-refractivity contribution in [3.05, 3.63) is 59.0 Å². The Morgan fingerprint density at radius 1 is 1.08 bits per heavy atom. The maximum Gasteiger partial charge on any atom is 0.268 e. The zero-order chi connectivity index (χ0) is 25.8. The summed E-state index contributed by atoms with van der Waals surface area (Å²) in [5.41, 5.74) is 2.26. The molecule has 0 aliphatic heterocycles. The van der Waals surface area contributed by atoms with Crippen molar-refractivity contribution < 1.29 is 19.0 Å². The van der Waals surface area contributed by atoms with E-state index in [4.69, 9.17) is 14.2 Å². The number of hydrogen-bond acceptors (Lipinski definition) is 7. The second-order valence-electron chi connectivity index (χ2n) is 7.94. The van der Waals surface area contributed by atoms with Gasteiger partial charge in [-0.15, -0.1) is 11.3 Å². The number of nitrogens with zero attached hydrogens (tertiary/aromatic N) is 2. The van der Waals surface area contributed by atoms with E-state index in [1.165, 1.54) is 30.3 Å². The number of nitriles is 1. The predicted octanol–water partition coefficient (Wildman–Crippen LogP) is 6.72. The summed E-state index contributed by atoms with van der Waals surface area (Å²) >= 11 is 1.29. The number of aromatic nitrogens is 1. The maximum absolute atomic E-state index is 12.8. The molecule has 3 aromatic rings. The summed E-state index contributed by atoms with van der Waals surface area (Å²) in [7, 11) is 1.56. The van der Waals surface area contributed by atoms with Gasteiger partial charge in [0.15, 0.2) is 16.6 Å². The highest BCUT2D eigenvalue weighted by molar-refractivity contribution is 7.14. The van der Waals surface area contributed by atoms with Gasteiger partial charge >= 0.3 is 0 Å². The molecule has 1 amide bonds. The molecule has 7 nitrogen and oxygen atoms in total. The van der Waals surface area contributed by atoms with Crippen LogP contribution < -0.4 is 19.5 Å². The SMILES string of the molecule is CCCCCCOc1ccc(C=C(C#N)C(=O)Nc2nc(-c3ccc(OCC)cc3)cs2)cc1OC. The van der Waals surface area contributed by atoms with Crippen LogP contribution in [0.4, 0.5) is 5.13 Å². The standard InChI is InChI=1S/C28H31N3O4S/c1-4-6-7-8-15-35-25-14-9-20(17-26(25)33-3)16-22(18-29)27(32)31-28-30-24(19-36-28)21-10-12-23(13-11-21)34-5-2/h9-14,16-17,19H,4-8,15H2,1-3H3,(H,30,31,32). The van der Waals surface area contributed by atoms with Gasteiger partial charge in [0.2, 0.25) is 0 Å². The topological polar surface area (TPSA) is 93.5 Å². The van der Waals surface area contributed by atoms with E-state index in [0.717, 1.165) is 29.8 Å². The van der Waals surface area contributed by atoms with Crippen molar-refractivity contribution in [2.45, 2.75) is 39.5 Å². The molecule has 0 radical (unpaired) electrons. The molecule has 1 aromatic heterocycles. The van der Waals surface area contributed by atoms with Crippen LogP contribution in [0.3, 0.4) is 0 Å². The molecule has 1 N–H and O–H groups in total. The molecule has 3 rings (SSSR count). The number of thiazole rings is 1. The van der Waals surface area contributed by atoms with Crippen LogP contribution in [-0.4, -0.2) is 31.2 Å². The number of carbonyl (C=O) groups is 1. The average molecular weight is 506 g/mol.